The van der Waals surface area contributed by atoms with Crippen molar-refractivity contribution in [3.05, 3.63) is 0 Å². The van der Waals surface area contributed by atoms with E-state index in [2.05, 4.69) is 13.8 Å². The summed E-state index contributed by atoms with van der Waals surface area (Å²) in [5.74, 6) is 0.563. The van der Waals surface area contributed by atoms with Crippen LogP contribution in [0.2, 0.25) is 0 Å². The van der Waals surface area contributed by atoms with Crippen LogP contribution in [0, 0.1) is 5.92 Å². The summed E-state index contributed by atoms with van der Waals surface area (Å²) < 4.78 is 18.4. The van der Waals surface area contributed by atoms with E-state index in [0.29, 0.717) is 25.5 Å². The Hall–Kier alpha value is -0.150. The molecule has 0 saturated carbocycles. The molecule has 1 saturated heterocycles. The van der Waals surface area contributed by atoms with Crippen molar-refractivity contribution in [3.8, 4) is 0 Å². The lowest BCUT2D eigenvalue weighted by Crippen LogP contribution is -2.29. The van der Waals surface area contributed by atoms with Crippen LogP contribution in [0.1, 0.15) is 20.3 Å². The molecule has 0 bridgehead atoms. The third kappa shape index (κ3) is 3.61. The number of alkyl halides is 1. The first kappa shape index (κ1) is 10.9. The lowest BCUT2D eigenvalue weighted by Gasteiger charge is -2.19. The van der Waals surface area contributed by atoms with Crippen LogP contribution in [0.4, 0.5) is 4.39 Å². The molecule has 0 amide bonds. The van der Waals surface area contributed by atoms with Crippen LogP contribution in [-0.4, -0.2) is 43.9 Å². The summed E-state index contributed by atoms with van der Waals surface area (Å²) in [7, 11) is 1.96. The summed E-state index contributed by atoms with van der Waals surface area (Å²) in [4.78, 5) is 2.05. The molecular weight excluding hydrogens is 169 g/mol. The maximum atomic E-state index is 12.9. The van der Waals surface area contributed by atoms with Gasteiger partial charge in [0.25, 0.3) is 0 Å². The van der Waals surface area contributed by atoms with Gasteiger partial charge in [-0.05, 0) is 19.4 Å². The lowest BCUT2D eigenvalue weighted by atomic mass is 10.2. The van der Waals surface area contributed by atoms with Gasteiger partial charge in [0.1, 0.15) is 6.17 Å². The van der Waals surface area contributed by atoms with E-state index in [1.165, 1.54) is 0 Å². The molecule has 0 radical (unpaired) electrons. The van der Waals surface area contributed by atoms with Crippen molar-refractivity contribution in [2.45, 2.75) is 32.5 Å². The highest BCUT2D eigenvalue weighted by molar-refractivity contribution is 4.82. The zero-order valence-electron chi connectivity index (χ0n) is 8.79. The molecule has 1 aliphatic heterocycles. The number of halogens is 1. The second-order valence-electron chi connectivity index (χ2n) is 4.36. The van der Waals surface area contributed by atoms with Crippen molar-refractivity contribution < 1.29 is 9.13 Å². The van der Waals surface area contributed by atoms with E-state index in [0.717, 1.165) is 6.61 Å². The highest BCUT2D eigenvalue weighted by Gasteiger charge is 2.29. The number of ether oxygens (including phenoxy) is 1. The minimum absolute atomic E-state index is 0.286. The van der Waals surface area contributed by atoms with Crippen molar-refractivity contribution in [2.75, 3.05) is 26.8 Å². The molecule has 1 rings (SSSR count). The fraction of sp³-hybridized carbons (Fsp3) is 1.00. The van der Waals surface area contributed by atoms with Crippen molar-refractivity contribution in [1.29, 1.82) is 0 Å². The largest absolute Gasteiger partial charge is 0.380 e. The fourth-order valence-corrected chi connectivity index (χ4v) is 1.65. The number of hydrogen-bond acceptors (Lipinski definition) is 2. The van der Waals surface area contributed by atoms with Crippen LogP contribution >= 0.6 is 0 Å². The predicted octanol–water partition coefficient (Wildman–Crippen LogP) is 1.70. The van der Waals surface area contributed by atoms with Crippen LogP contribution in [0.15, 0.2) is 0 Å². The fourth-order valence-electron chi connectivity index (χ4n) is 1.65. The lowest BCUT2D eigenvalue weighted by molar-refractivity contribution is 0.0688. The van der Waals surface area contributed by atoms with Gasteiger partial charge in [0.2, 0.25) is 0 Å². The first-order chi connectivity index (χ1) is 6.09. The Balaban J connectivity index is 2.14. The van der Waals surface area contributed by atoms with Crippen LogP contribution in [0.25, 0.3) is 0 Å². The van der Waals surface area contributed by atoms with E-state index in [4.69, 9.17) is 4.74 Å². The smallest absolute Gasteiger partial charge is 0.114 e. The number of nitrogens with zero attached hydrogens (tertiary/aromatic N) is 1. The van der Waals surface area contributed by atoms with Gasteiger partial charge in [-0.2, -0.15) is 0 Å². The van der Waals surface area contributed by atoms with E-state index in [-0.39, 0.29) is 6.04 Å². The molecule has 0 aliphatic carbocycles. The van der Waals surface area contributed by atoms with Gasteiger partial charge < -0.3 is 4.74 Å². The second-order valence-corrected chi connectivity index (χ2v) is 4.36. The highest BCUT2D eigenvalue weighted by atomic mass is 19.1. The van der Waals surface area contributed by atoms with Gasteiger partial charge >= 0.3 is 0 Å². The minimum Gasteiger partial charge on any atom is -0.380 e. The summed E-state index contributed by atoms with van der Waals surface area (Å²) in [5, 5.41) is 0. The number of likely N-dealkylation sites (N-methyl/N-ethyl adjacent to an activating group) is 1. The molecule has 0 aromatic heterocycles. The van der Waals surface area contributed by atoms with Gasteiger partial charge in [0.15, 0.2) is 0 Å². The normalized spacial score (nSPS) is 30.2. The quantitative estimate of drug-likeness (QED) is 0.667. The third-order valence-electron chi connectivity index (χ3n) is 2.40. The number of rotatable bonds is 4. The van der Waals surface area contributed by atoms with Crippen LogP contribution < -0.4 is 0 Å². The van der Waals surface area contributed by atoms with Crippen molar-refractivity contribution in [3.63, 3.8) is 0 Å². The summed E-state index contributed by atoms with van der Waals surface area (Å²) >= 11 is 0. The third-order valence-corrected chi connectivity index (χ3v) is 2.40. The summed E-state index contributed by atoms with van der Waals surface area (Å²) in [6.45, 7) is 6.26. The van der Waals surface area contributed by atoms with Crippen molar-refractivity contribution in [2.24, 2.45) is 5.92 Å². The molecule has 2 atom stereocenters. The topological polar surface area (TPSA) is 12.5 Å². The molecule has 0 spiro atoms. The molecule has 78 valence electrons. The monoisotopic (exact) mass is 189 g/mol. The Labute approximate surface area is 80.1 Å². The average molecular weight is 189 g/mol. The zero-order chi connectivity index (χ0) is 9.84. The first-order valence-corrected chi connectivity index (χ1v) is 5.01. The summed E-state index contributed by atoms with van der Waals surface area (Å²) in [6.07, 6.45) is -0.0214. The Bertz CT molecular complexity index is 152. The molecular formula is C10H20FNO. The molecule has 3 heteroatoms. The van der Waals surface area contributed by atoms with Crippen molar-refractivity contribution in [1.82, 2.24) is 4.90 Å². The average Bonchev–Trinajstić information content (AvgIpc) is 2.29. The molecule has 2 nitrogen and oxygen atoms in total. The predicted molar refractivity (Wildman–Crippen MR) is 51.6 cm³/mol. The number of likely N-dealkylation sites (tertiary alicyclic amines) is 1. The van der Waals surface area contributed by atoms with Gasteiger partial charge in [-0.1, -0.05) is 13.8 Å². The standard InChI is InChI=1S/C10H20FNO/c1-8(2)6-13-7-10-4-9(11)5-12(10)3/h8-10H,4-7H2,1-3H3/t9-,10-/m0/s1. The molecule has 1 aliphatic rings. The van der Waals surface area contributed by atoms with Gasteiger partial charge in [0, 0.05) is 19.2 Å². The first-order valence-electron chi connectivity index (χ1n) is 5.01. The molecule has 0 aromatic carbocycles. The van der Waals surface area contributed by atoms with Crippen LogP contribution in [-0.2, 0) is 4.74 Å². The van der Waals surface area contributed by atoms with Gasteiger partial charge in [-0.25, -0.2) is 4.39 Å². The maximum absolute atomic E-state index is 12.9. The SMILES string of the molecule is CC(C)COC[C@@H]1C[C@H](F)CN1C. The Morgan fingerprint density at radius 2 is 2.23 bits per heavy atom. The van der Waals surface area contributed by atoms with E-state index in [1.807, 2.05) is 11.9 Å². The maximum Gasteiger partial charge on any atom is 0.114 e. The number of hydrogen-bond donors (Lipinski definition) is 0. The Morgan fingerprint density at radius 1 is 1.54 bits per heavy atom. The van der Waals surface area contributed by atoms with Crippen LogP contribution in [0.5, 0.6) is 0 Å². The van der Waals surface area contributed by atoms with E-state index in [1.54, 1.807) is 0 Å². The van der Waals surface area contributed by atoms with Gasteiger partial charge in [-0.3, -0.25) is 4.90 Å². The van der Waals surface area contributed by atoms with Crippen LogP contribution in [0.3, 0.4) is 0 Å². The second kappa shape index (κ2) is 4.91. The molecule has 1 fully saturated rings. The highest BCUT2D eigenvalue weighted by Crippen LogP contribution is 2.18. The van der Waals surface area contributed by atoms with E-state index >= 15 is 0 Å². The molecule has 1 heterocycles. The van der Waals surface area contributed by atoms with Gasteiger partial charge in [0.05, 0.1) is 6.61 Å². The molecule has 0 unspecified atom stereocenters. The van der Waals surface area contributed by atoms with E-state index in [9.17, 15) is 4.39 Å². The van der Waals surface area contributed by atoms with E-state index < -0.39 is 6.17 Å². The van der Waals surface area contributed by atoms with Crippen molar-refractivity contribution >= 4 is 0 Å². The zero-order valence-corrected chi connectivity index (χ0v) is 8.79. The minimum atomic E-state index is -0.655. The molecule has 0 N–H and O–H groups in total. The molecule has 0 aromatic rings. The Morgan fingerprint density at radius 3 is 2.69 bits per heavy atom. The summed E-state index contributed by atoms with van der Waals surface area (Å²) in [6, 6.07) is 0.286. The summed E-state index contributed by atoms with van der Waals surface area (Å²) in [5.41, 5.74) is 0. The van der Waals surface area contributed by atoms with Gasteiger partial charge in [-0.15, -0.1) is 0 Å². The molecule has 13 heavy (non-hydrogen) atoms. The Kier molecular flexibility index (Phi) is 4.13.